The summed E-state index contributed by atoms with van der Waals surface area (Å²) in [6, 6.07) is -1.18. The Balaban J connectivity index is 1.79. The maximum Gasteiger partial charge on any atom is 0.329 e. The van der Waals surface area contributed by atoms with E-state index in [9.17, 15) is 34.5 Å². The normalized spacial score (nSPS) is 42.4. The molecule has 3 aliphatic heterocycles. The summed E-state index contributed by atoms with van der Waals surface area (Å²) >= 11 is 0. The molecule has 0 aromatic rings. The van der Waals surface area contributed by atoms with Gasteiger partial charge in [0.2, 0.25) is 5.79 Å². The van der Waals surface area contributed by atoms with Gasteiger partial charge in [0.1, 0.15) is 30.2 Å². The lowest BCUT2D eigenvalue weighted by Gasteiger charge is -2.47. The standard InChI is InChI=1S/C43H68FNO12/c1-10-29-18-23(2)37(44)24(3)19-35(54-8)39-36(55-9)20-26(5)43(52,57-39)40(49)41(50)45-16-12-11-13-30(45)42(51)56-38(27(6)32(47)22-33(29)48)25(4)17-28-14-15-31(46)34(21-28)53-7/h17-18,24,26-32,34-39,46-47,52H,10-16,19-22H2,1-9H3/b23-18+,25-17?. The summed E-state index contributed by atoms with van der Waals surface area (Å²) in [6.07, 6.45) is -0.581. The van der Waals surface area contributed by atoms with Crippen molar-refractivity contribution in [2.75, 3.05) is 27.9 Å². The molecule has 3 N–H and O–H groups in total. The topological polar surface area (TPSA) is 178 Å². The second kappa shape index (κ2) is 20.6. The van der Waals surface area contributed by atoms with Gasteiger partial charge in [-0.2, -0.15) is 0 Å². The minimum absolute atomic E-state index is 0.0374. The number of alkyl halides is 1. The maximum atomic E-state index is 16.2. The third-order valence-corrected chi connectivity index (χ3v) is 13.1. The molecule has 4 rings (SSSR count). The van der Waals surface area contributed by atoms with Crippen LogP contribution < -0.4 is 0 Å². The number of carbonyl (C=O) groups excluding carboxylic acids is 4. The fourth-order valence-corrected chi connectivity index (χ4v) is 9.29. The highest BCUT2D eigenvalue weighted by Crippen LogP contribution is 2.39. The molecular formula is C43H68FNO12. The Hall–Kier alpha value is -2.59. The van der Waals surface area contributed by atoms with E-state index < -0.39 is 96.0 Å². The number of fused-ring (bicyclic) bond motifs is 3. The molecule has 0 spiro atoms. The van der Waals surface area contributed by atoms with Gasteiger partial charge in [-0.15, -0.1) is 0 Å². The van der Waals surface area contributed by atoms with E-state index in [-0.39, 0.29) is 50.0 Å². The van der Waals surface area contributed by atoms with Gasteiger partial charge in [-0.3, -0.25) is 14.4 Å². The van der Waals surface area contributed by atoms with Crippen molar-refractivity contribution in [3.05, 3.63) is 23.3 Å². The van der Waals surface area contributed by atoms with Gasteiger partial charge in [-0.25, -0.2) is 9.18 Å². The van der Waals surface area contributed by atoms with Crippen LogP contribution in [0.15, 0.2) is 23.3 Å². The molecule has 0 aromatic heterocycles. The summed E-state index contributed by atoms with van der Waals surface area (Å²) in [5, 5.41) is 34.0. The summed E-state index contributed by atoms with van der Waals surface area (Å²) in [4.78, 5) is 57.6. The van der Waals surface area contributed by atoms with Gasteiger partial charge < -0.3 is 43.9 Å². The Labute approximate surface area is 337 Å². The zero-order chi connectivity index (χ0) is 42.4. The quantitative estimate of drug-likeness (QED) is 0.196. The zero-order valence-corrected chi connectivity index (χ0v) is 35.4. The largest absolute Gasteiger partial charge is 0.456 e. The number of rotatable bonds is 6. The summed E-state index contributed by atoms with van der Waals surface area (Å²) in [7, 11) is 4.42. The molecule has 13 nitrogen and oxygen atoms in total. The van der Waals surface area contributed by atoms with E-state index in [1.54, 1.807) is 47.8 Å². The van der Waals surface area contributed by atoms with Gasteiger partial charge in [0, 0.05) is 52.0 Å². The molecule has 3 fully saturated rings. The van der Waals surface area contributed by atoms with Gasteiger partial charge in [0.05, 0.1) is 30.5 Å². The van der Waals surface area contributed by atoms with Gasteiger partial charge in [-0.1, -0.05) is 39.8 Å². The van der Waals surface area contributed by atoms with Crippen LogP contribution in [0.3, 0.4) is 0 Å². The van der Waals surface area contributed by atoms with Crippen molar-refractivity contribution in [3.63, 3.8) is 0 Å². The lowest BCUT2D eigenvalue weighted by Crippen LogP contribution is -2.64. The van der Waals surface area contributed by atoms with E-state index in [1.165, 1.54) is 14.2 Å². The lowest BCUT2D eigenvalue weighted by molar-refractivity contribution is -0.302. The molecule has 15 atom stereocenters. The van der Waals surface area contributed by atoms with Crippen LogP contribution in [0, 0.1) is 29.6 Å². The van der Waals surface area contributed by atoms with Gasteiger partial charge in [0.15, 0.2) is 0 Å². The van der Waals surface area contributed by atoms with Gasteiger partial charge in [0.25, 0.3) is 11.7 Å². The second-order valence-corrected chi connectivity index (χ2v) is 17.1. The van der Waals surface area contributed by atoms with Crippen molar-refractivity contribution < 1.29 is 62.6 Å². The average Bonchev–Trinajstić information content (AvgIpc) is 3.20. The summed E-state index contributed by atoms with van der Waals surface area (Å²) < 4.78 is 45.6. The number of Topliss-reactive ketones (excluding diaryl/α,β-unsaturated/α-hetero) is 2. The van der Waals surface area contributed by atoms with Crippen molar-refractivity contribution in [1.29, 1.82) is 0 Å². The van der Waals surface area contributed by atoms with E-state index in [1.807, 2.05) is 13.0 Å². The summed E-state index contributed by atoms with van der Waals surface area (Å²) in [6.45, 7) is 10.2. The van der Waals surface area contributed by atoms with Crippen LogP contribution in [0.1, 0.15) is 106 Å². The molecule has 0 radical (unpaired) electrons. The molecule has 14 heteroatoms. The summed E-state index contributed by atoms with van der Waals surface area (Å²) in [5.41, 5.74) is 0.947. The number of aliphatic hydroxyl groups excluding tert-OH is 2. The third-order valence-electron chi connectivity index (χ3n) is 13.1. The Morgan fingerprint density at radius 1 is 0.947 bits per heavy atom. The number of carbonyl (C=O) groups is 4. The fourth-order valence-electron chi connectivity index (χ4n) is 9.29. The smallest absolute Gasteiger partial charge is 0.329 e. The summed E-state index contributed by atoms with van der Waals surface area (Å²) in [5.74, 6) is -9.10. The van der Waals surface area contributed by atoms with Crippen LogP contribution in [-0.2, 0) is 42.9 Å². The maximum absolute atomic E-state index is 16.2. The number of aliphatic hydroxyl groups is 3. The minimum atomic E-state index is -2.60. The van der Waals surface area contributed by atoms with Crippen LogP contribution in [-0.4, -0.2) is 132 Å². The fraction of sp³-hybridized carbons (Fsp3) is 0.814. The number of hydrogen-bond donors (Lipinski definition) is 3. The average molecular weight is 810 g/mol. The number of amides is 1. The minimum Gasteiger partial charge on any atom is -0.456 e. The van der Waals surface area contributed by atoms with E-state index in [0.717, 1.165) is 4.90 Å². The molecule has 0 aromatic carbocycles. The van der Waals surface area contributed by atoms with E-state index in [4.69, 9.17) is 23.7 Å². The first kappa shape index (κ1) is 47.1. The van der Waals surface area contributed by atoms with Crippen LogP contribution >= 0.6 is 0 Å². The molecular weight excluding hydrogens is 741 g/mol. The van der Waals surface area contributed by atoms with Crippen molar-refractivity contribution in [1.82, 2.24) is 4.90 Å². The highest BCUT2D eigenvalue weighted by molar-refractivity contribution is 6.39. The number of halogens is 1. The lowest BCUT2D eigenvalue weighted by atomic mass is 9.81. The van der Waals surface area contributed by atoms with Crippen LogP contribution in [0.2, 0.25) is 0 Å². The highest BCUT2D eigenvalue weighted by atomic mass is 19.1. The Kier molecular flexibility index (Phi) is 17.0. The Bertz CT molecular complexity index is 1470. The molecule has 2 saturated heterocycles. The molecule has 1 saturated carbocycles. The number of ketones is 2. The predicted octanol–water partition coefficient (Wildman–Crippen LogP) is 4.42. The monoisotopic (exact) mass is 809 g/mol. The van der Waals surface area contributed by atoms with Crippen molar-refractivity contribution in [2.45, 2.75) is 166 Å². The number of methoxy groups -OCH3 is 3. The van der Waals surface area contributed by atoms with Gasteiger partial charge >= 0.3 is 5.97 Å². The van der Waals surface area contributed by atoms with Crippen LogP contribution in [0.4, 0.5) is 4.39 Å². The van der Waals surface area contributed by atoms with Crippen LogP contribution in [0.5, 0.6) is 0 Å². The number of esters is 1. The van der Waals surface area contributed by atoms with E-state index in [2.05, 4.69) is 0 Å². The number of allylic oxidation sites excluding steroid dienone is 3. The Morgan fingerprint density at radius 2 is 1.60 bits per heavy atom. The van der Waals surface area contributed by atoms with Crippen molar-refractivity contribution in [2.24, 2.45) is 29.6 Å². The number of hydrogen-bond acceptors (Lipinski definition) is 12. The number of cyclic esters (lactones) is 1. The molecule has 15 unspecified atom stereocenters. The number of piperidine rings is 1. The third kappa shape index (κ3) is 10.8. The molecule has 2 bridgehead atoms. The highest BCUT2D eigenvalue weighted by Gasteiger charge is 2.57. The molecule has 3 heterocycles. The van der Waals surface area contributed by atoms with Crippen molar-refractivity contribution in [3.8, 4) is 0 Å². The number of nitrogens with zero attached hydrogens (tertiary/aromatic N) is 1. The first-order valence-corrected chi connectivity index (χ1v) is 20.9. The van der Waals surface area contributed by atoms with E-state index in [0.29, 0.717) is 49.7 Å². The molecule has 1 aliphatic carbocycles. The first-order chi connectivity index (χ1) is 26.9. The molecule has 1 amide bonds. The van der Waals surface area contributed by atoms with E-state index >= 15 is 4.39 Å². The molecule has 57 heavy (non-hydrogen) atoms. The molecule has 324 valence electrons. The predicted molar refractivity (Wildman–Crippen MR) is 208 cm³/mol. The van der Waals surface area contributed by atoms with Gasteiger partial charge in [-0.05, 0) is 94.6 Å². The Morgan fingerprint density at radius 3 is 2.23 bits per heavy atom. The van der Waals surface area contributed by atoms with Crippen molar-refractivity contribution >= 4 is 23.4 Å². The first-order valence-electron chi connectivity index (χ1n) is 20.9. The zero-order valence-electron chi connectivity index (χ0n) is 35.4. The molecule has 4 aliphatic rings. The van der Waals surface area contributed by atoms with Crippen LogP contribution in [0.25, 0.3) is 0 Å². The number of ether oxygens (including phenoxy) is 5. The SMILES string of the molecule is CCC1/C=C(\C)C(F)C(C)CC(OC)C2OC(O)(C(=O)C(=O)N3CCCCC3C(=O)OC(C(C)=CC3CCC(O)C(OC)C3)C(C)C(O)CC1=O)C(C)CC2OC. The second-order valence-electron chi connectivity index (χ2n) is 17.1.